The summed E-state index contributed by atoms with van der Waals surface area (Å²) in [4.78, 5) is 0. The van der Waals surface area contributed by atoms with Crippen LogP contribution in [0.15, 0.2) is 89.5 Å². The molecule has 0 amide bonds. The molecule has 32 heavy (non-hydrogen) atoms. The smallest absolute Gasteiger partial charge is 0.118 e. The molecule has 2 atom stereocenters. The summed E-state index contributed by atoms with van der Waals surface area (Å²) in [5.74, 6) is 2.12. The molecule has 2 aliphatic rings. The molecule has 3 aromatic rings. The Kier molecular flexibility index (Phi) is 5.68. The standard InChI is InChI=1S/C28H28N2O2/c1-31-24-15-11-20(12-16-24)19-22-7-6-10-26-27(22)29-30(23-8-4-3-5-9-23)28(26)21-13-17-25(32-2)18-14-21/h3-5,8-9,11-19,26,28H,6-7,10H2,1-2H3/b22-19+. The zero-order chi connectivity index (χ0) is 21.9. The fraction of sp³-hybridized carbons (Fsp3) is 0.250. The van der Waals surface area contributed by atoms with Gasteiger partial charge in [-0.15, -0.1) is 0 Å². The molecule has 1 aliphatic carbocycles. The van der Waals surface area contributed by atoms with Crippen molar-refractivity contribution in [2.45, 2.75) is 25.3 Å². The number of para-hydroxylation sites is 1. The van der Waals surface area contributed by atoms with Crippen LogP contribution in [0, 0.1) is 5.92 Å². The number of nitrogens with zero attached hydrogens (tertiary/aromatic N) is 2. The van der Waals surface area contributed by atoms with E-state index in [2.05, 4.69) is 65.7 Å². The van der Waals surface area contributed by atoms with E-state index in [9.17, 15) is 0 Å². The molecular formula is C28H28N2O2. The first-order valence-corrected chi connectivity index (χ1v) is 11.2. The lowest BCUT2D eigenvalue weighted by atomic mass is 9.77. The van der Waals surface area contributed by atoms with E-state index in [-0.39, 0.29) is 6.04 Å². The molecule has 4 heteroatoms. The van der Waals surface area contributed by atoms with Crippen LogP contribution in [0.4, 0.5) is 5.69 Å². The molecule has 162 valence electrons. The molecular weight excluding hydrogens is 396 g/mol. The fourth-order valence-electron chi connectivity index (χ4n) is 4.83. The Balaban J connectivity index is 1.54. The van der Waals surface area contributed by atoms with Crippen LogP contribution in [0.1, 0.15) is 36.4 Å². The van der Waals surface area contributed by atoms with Crippen LogP contribution in [0.5, 0.6) is 11.5 Å². The van der Waals surface area contributed by atoms with E-state index in [4.69, 9.17) is 14.6 Å². The van der Waals surface area contributed by atoms with Gasteiger partial charge in [0.1, 0.15) is 11.5 Å². The molecule has 0 spiro atoms. The number of methoxy groups -OCH3 is 2. The average molecular weight is 425 g/mol. The van der Waals surface area contributed by atoms with Gasteiger partial charge in [0.05, 0.1) is 31.7 Å². The summed E-state index contributed by atoms with van der Waals surface area (Å²) in [6.07, 6.45) is 5.66. The normalized spacial score (nSPS) is 21.2. The van der Waals surface area contributed by atoms with Crippen molar-refractivity contribution in [2.24, 2.45) is 11.0 Å². The summed E-state index contributed by atoms with van der Waals surface area (Å²) in [5, 5.41) is 7.44. The summed E-state index contributed by atoms with van der Waals surface area (Å²) in [6.45, 7) is 0. The van der Waals surface area contributed by atoms with Crippen molar-refractivity contribution in [1.82, 2.24) is 0 Å². The first-order chi connectivity index (χ1) is 15.8. The number of hydrogen-bond acceptors (Lipinski definition) is 4. The first kappa shape index (κ1) is 20.4. The molecule has 1 fully saturated rings. The Morgan fingerprint density at radius 1 is 0.844 bits per heavy atom. The zero-order valence-electron chi connectivity index (χ0n) is 18.6. The molecule has 0 bridgehead atoms. The third-order valence-electron chi connectivity index (χ3n) is 6.44. The van der Waals surface area contributed by atoms with E-state index in [1.54, 1.807) is 14.2 Å². The monoisotopic (exact) mass is 424 g/mol. The SMILES string of the molecule is COc1ccc(/C=C2\CCCC3C2=NN(c2ccccc2)C3c2ccc(OC)cc2)cc1. The van der Waals surface area contributed by atoms with E-state index in [0.29, 0.717) is 5.92 Å². The van der Waals surface area contributed by atoms with Gasteiger partial charge in [0.25, 0.3) is 0 Å². The van der Waals surface area contributed by atoms with E-state index >= 15 is 0 Å². The highest BCUT2D eigenvalue weighted by Gasteiger charge is 2.41. The maximum Gasteiger partial charge on any atom is 0.118 e. The fourth-order valence-corrected chi connectivity index (χ4v) is 4.83. The highest BCUT2D eigenvalue weighted by Crippen LogP contribution is 2.46. The van der Waals surface area contributed by atoms with Crippen LogP contribution >= 0.6 is 0 Å². The van der Waals surface area contributed by atoms with Crippen LogP contribution < -0.4 is 14.5 Å². The van der Waals surface area contributed by atoms with Crippen molar-refractivity contribution < 1.29 is 9.47 Å². The Hall–Kier alpha value is -3.53. The minimum Gasteiger partial charge on any atom is -0.497 e. The number of allylic oxidation sites excluding steroid dienone is 1. The number of hydrazone groups is 1. The van der Waals surface area contributed by atoms with Gasteiger partial charge in [-0.2, -0.15) is 5.10 Å². The van der Waals surface area contributed by atoms with Crippen molar-refractivity contribution in [1.29, 1.82) is 0 Å². The molecule has 1 aliphatic heterocycles. The van der Waals surface area contributed by atoms with E-state index in [0.717, 1.165) is 30.0 Å². The number of fused-ring (bicyclic) bond motifs is 1. The number of benzene rings is 3. The second-order valence-corrected chi connectivity index (χ2v) is 8.32. The van der Waals surface area contributed by atoms with Gasteiger partial charge in [-0.05, 0) is 78.4 Å². The summed E-state index contributed by atoms with van der Waals surface area (Å²) in [6, 6.07) is 27.4. The quantitative estimate of drug-likeness (QED) is 0.468. The number of hydrogen-bond donors (Lipinski definition) is 0. The topological polar surface area (TPSA) is 34.1 Å². The van der Waals surface area contributed by atoms with E-state index in [1.165, 1.54) is 28.8 Å². The van der Waals surface area contributed by atoms with Crippen LogP contribution in [-0.2, 0) is 0 Å². The molecule has 5 rings (SSSR count). The average Bonchev–Trinajstić information content (AvgIpc) is 3.26. The van der Waals surface area contributed by atoms with Crippen molar-refractivity contribution >= 4 is 17.5 Å². The van der Waals surface area contributed by atoms with Crippen LogP contribution in [0.3, 0.4) is 0 Å². The highest BCUT2D eigenvalue weighted by molar-refractivity contribution is 6.08. The highest BCUT2D eigenvalue weighted by atomic mass is 16.5. The van der Waals surface area contributed by atoms with Gasteiger partial charge in [-0.1, -0.05) is 42.5 Å². The van der Waals surface area contributed by atoms with Crippen molar-refractivity contribution in [3.8, 4) is 11.5 Å². The minimum atomic E-state index is 0.179. The third kappa shape index (κ3) is 3.89. The van der Waals surface area contributed by atoms with Crippen molar-refractivity contribution in [2.75, 3.05) is 19.2 Å². The van der Waals surface area contributed by atoms with Gasteiger partial charge in [0.15, 0.2) is 0 Å². The lowest BCUT2D eigenvalue weighted by molar-refractivity contribution is 0.414. The van der Waals surface area contributed by atoms with Crippen molar-refractivity contribution in [3.63, 3.8) is 0 Å². The molecule has 2 unspecified atom stereocenters. The third-order valence-corrected chi connectivity index (χ3v) is 6.44. The molecule has 0 N–H and O–H groups in total. The second kappa shape index (κ2) is 8.91. The minimum absolute atomic E-state index is 0.179. The predicted octanol–water partition coefficient (Wildman–Crippen LogP) is 6.50. The largest absolute Gasteiger partial charge is 0.497 e. The van der Waals surface area contributed by atoms with Gasteiger partial charge in [-0.3, -0.25) is 5.01 Å². The maximum atomic E-state index is 5.39. The molecule has 0 aromatic heterocycles. The number of anilines is 1. The maximum absolute atomic E-state index is 5.39. The molecule has 4 nitrogen and oxygen atoms in total. The lowest BCUT2D eigenvalue weighted by Crippen LogP contribution is -2.28. The van der Waals surface area contributed by atoms with Crippen LogP contribution in [0.25, 0.3) is 6.08 Å². The summed E-state index contributed by atoms with van der Waals surface area (Å²) in [5.41, 5.74) is 6.13. The lowest BCUT2D eigenvalue weighted by Gasteiger charge is -2.30. The Morgan fingerprint density at radius 2 is 1.50 bits per heavy atom. The second-order valence-electron chi connectivity index (χ2n) is 8.32. The van der Waals surface area contributed by atoms with Crippen molar-refractivity contribution in [3.05, 3.63) is 95.6 Å². The summed E-state index contributed by atoms with van der Waals surface area (Å²) < 4.78 is 10.7. The van der Waals surface area contributed by atoms with Gasteiger partial charge >= 0.3 is 0 Å². The Labute approximate surface area is 189 Å². The van der Waals surface area contributed by atoms with Gasteiger partial charge in [-0.25, -0.2) is 0 Å². The molecule has 1 saturated carbocycles. The molecule has 0 saturated heterocycles. The molecule has 3 aromatic carbocycles. The Bertz CT molecular complexity index is 1120. The Morgan fingerprint density at radius 3 is 2.16 bits per heavy atom. The molecule has 0 radical (unpaired) electrons. The summed E-state index contributed by atoms with van der Waals surface area (Å²) >= 11 is 0. The van der Waals surface area contributed by atoms with Crippen LogP contribution in [-0.4, -0.2) is 19.9 Å². The summed E-state index contributed by atoms with van der Waals surface area (Å²) in [7, 11) is 3.41. The number of rotatable bonds is 5. The predicted molar refractivity (Wildman–Crippen MR) is 130 cm³/mol. The zero-order valence-corrected chi connectivity index (χ0v) is 18.6. The van der Waals surface area contributed by atoms with E-state index in [1.807, 2.05) is 24.3 Å². The first-order valence-electron chi connectivity index (χ1n) is 11.2. The van der Waals surface area contributed by atoms with Gasteiger partial charge in [0, 0.05) is 5.92 Å². The number of ether oxygens (including phenoxy) is 2. The van der Waals surface area contributed by atoms with Gasteiger partial charge in [0.2, 0.25) is 0 Å². The van der Waals surface area contributed by atoms with Crippen LogP contribution in [0.2, 0.25) is 0 Å². The molecule has 1 heterocycles. The van der Waals surface area contributed by atoms with Gasteiger partial charge < -0.3 is 9.47 Å². The van der Waals surface area contributed by atoms with E-state index < -0.39 is 0 Å².